The topological polar surface area (TPSA) is 60.9 Å². The third-order valence-electron chi connectivity index (χ3n) is 6.92. The Morgan fingerprint density at radius 2 is 1.43 bits per heavy atom. The lowest BCUT2D eigenvalue weighted by Crippen LogP contribution is -2.53. The first-order valence-corrected chi connectivity index (χ1v) is 11.4. The van der Waals surface area contributed by atoms with Crippen LogP contribution >= 0.6 is 0 Å². The summed E-state index contributed by atoms with van der Waals surface area (Å²) in [5, 5.41) is 0. The van der Waals surface area contributed by atoms with Gasteiger partial charge in [0.1, 0.15) is 0 Å². The molecule has 0 aromatic heterocycles. The highest BCUT2D eigenvalue weighted by molar-refractivity contribution is 5.89. The van der Waals surface area contributed by atoms with Crippen LogP contribution in [0.15, 0.2) is 24.3 Å². The average molecular weight is 412 g/mol. The van der Waals surface area contributed by atoms with E-state index in [2.05, 4.69) is 0 Å². The number of rotatable bonds is 4. The van der Waals surface area contributed by atoms with Gasteiger partial charge in [0.2, 0.25) is 17.7 Å². The number of carbonyl (C=O) groups excluding carboxylic acids is 3. The minimum Gasteiger partial charge on any atom is -0.339 e. The van der Waals surface area contributed by atoms with E-state index >= 15 is 0 Å². The Balaban J connectivity index is 1.27. The Kier molecular flexibility index (Phi) is 6.40. The number of carbonyl (C=O) groups is 3. The Morgan fingerprint density at radius 1 is 0.867 bits per heavy atom. The largest absolute Gasteiger partial charge is 0.339 e. The summed E-state index contributed by atoms with van der Waals surface area (Å²) < 4.78 is 0. The lowest BCUT2D eigenvalue weighted by atomic mass is 9.88. The molecule has 4 rings (SSSR count). The molecule has 3 aliphatic rings. The standard InChI is InChI=1S/C24H33N3O3/c1-18-7-9-19(10-8-18)16-27-17-21(15-22(27)28)24(30)26-13-11-25(12-14-26)23(29)20-5-3-2-4-6-20/h7-10,20-21H,2-6,11-17H2,1H3. The second-order valence-corrected chi connectivity index (χ2v) is 9.15. The Morgan fingerprint density at radius 3 is 2.03 bits per heavy atom. The van der Waals surface area contributed by atoms with Gasteiger partial charge in [0, 0.05) is 51.6 Å². The van der Waals surface area contributed by atoms with Gasteiger partial charge in [-0.1, -0.05) is 49.1 Å². The third kappa shape index (κ3) is 4.68. The second kappa shape index (κ2) is 9.19. The molecule has 2 heterocycles. The number of hydrogen-bond acceptors (Lipinski definition) is 3. The molecule has 2 saturated heterocycles. The highest BCUT2D eigenvalue weighted by Gasteiger charge is 2.38. The van der Waals surface area contributed by atoms with Gasteiger partial charge < -0.3 is 14.7 Å². The van der Waals surface area contributed by atoms with E-state index in [0.717, 1.165) is 31.2 Å². The lowest BCUT2D eigenvalue weighted by Gasteiger charge is -2.38. The number of aryl methyl sites for hydroxylation is 1. The molecule has 162 valence electrons. The van der Waals surface area contributed by atoms with Crippen molar-refractivity contribution < 1.29 is 14.4 Å². The number of likely N-dealkylation sites (tertiary alicyclic amines) is 1. The van der Waals surface area contributed by atoms with Crippen LogP contribution in [0.3, 0.4) is 0 Å². The van der Waals surface area contributed by atoms with Crippen molar-refractivity contribution in [3.63, 3.8) is 0 Å². The van der Waals surface area contributed by atoms with Crippen LogP contribution in [0.5, 0.6) is 0 Å². The summed E-state index contributed by atoms with van der Waals surface area (Å²) in [6.07, 6.45) is 5.88. The van der Waals surface area contributed by atoms with Crippen LogP contribution in [0.4, 0.5) is 0 Å². The molecule has 0 bridgehead atoms. The summed E-state index contributed by atoms with van der Waals surface area (Å²) >= 11 is 0. The molecule has 3 fully saturated rings. The molecule has 30 heavy (non-hydrogen) atoms. The number of hydrogen-bond donors (Lipinski definition) is 0. The summed E-state index contributed by atoms with van der Waals surface area (Å²) in [6, 6.07) is 8.18. The van der Waals surface area contributed by atoms with Gasteiger partial charge in [-0.25, -0.2) is 0 Å². The van der Waals surface area contributed by atoms with E-state index in [9.17, 15) is 14.4 Å². The smallest absolute Gasteiger partial charge is 0.228 e. The van der Waals surface area contributed by atoms with E-state index in [4.69, 9.17) is 0 Å². The van der Waals surface area contributed by atoms with Crippen molar-refractivity contribution in [1.82, 2.24) is 14.7 Å². The molecule has 0 spiro atoms. The van der Waals surface area contributed by atoms with Crippen molar-refractivity contribution in [3.05, 3.63) is 35.4 Å². The molecule has 0 N–H and O–H groups in total. The Bertz CT molecular complexity index is 777. The van der Waals surface area contributed by atoms with Crippen molar-refractivity contribution in [1.29, 1.82) is 0 Å². The van der Waals surface area contributed by atoms with Gasteiger partial charge in [-0.05, 0) is 25.3 Å². The van der Waals surface area contributed by atoms with Gasteiger partial charge in [0.15, 0.2) is 0 Å². The van der Waals surface area contributed by atoms with E-state index in [1.54, 1.807) is 4.90 Å². The molecule has 3 amide bonds. The molecule has 6 nitrogen and oxygen atoms in total. The highest BCUT2D eigenvalue weighted by Crippen LogP contribution is 2.27. The number of amides is 3. The van der Waals surface area contributed by atoms with Gasteiger partial charge in [-0.2, -0.15) is 0 Å². The summed E-state index contributed by atoms with van der Waals surface area (Å²) in [4.78, 5) is 43.8. The van der Waals surface area contributed by atoms with Crippen LogP contribution in [-0.4, -0.2) is 65.1 Å². The molecule has 0 radical (unpaired) electrons. The third-order valence-corrected chi connectivity index (χ3v) is 6.92. The SMILES string of the molecule is Cc1ccc(CN2CC(C(=O)N3CCN(C(=O)C4CCCCC4)CC3)CC2=O)cc1. The van der Waals surface area contributed by atoms with Gasteiger partial charge in [-0.3, -0.25) is 14.4 Å². The van der Waals surface area contributed by atoms with Crippen molar-refractivity contribution in [3.8, 4) is 0 Å². The number of piperazine rings is 1. The predicted octanol–water partition coefficient (Wildman–Crippen LogP) is 2.59. The van der Waals surface area contributed by atoms with Crippen LogP contribution in [0.2, 0.25) is 0 Å². The fraction of sp³-hybridized carbons (Fsp3) is 0.625. The van der Waals surface area contributed by atoms with E-state index in [0.29, 0.717) is 45.7 Å². The van der Waals surface area contributed by atoms with Crippen LogP contribution in [0.25, 0.3) is 0 Å². The average Bonchev–Trinajstić information content (AvgIpc) is 3.15. The normalized spacial score (nSPS) is 23.2. The quantitative estimate of drug-likeness (QED) is 0.765. The van der Waals surface area contributed by atoms with E-state index < -0.39 is 0 Å². The fourth-order valence-electron chi connectivity index (χ4n) is 5.02. The molecule has 1 aromatic rings. The van der Waals surface area contributed by atoms with E-state index in [-0.39, 0.29) is 29.6 Å². The molecule has 2 aliphatic heterocycles. The summed E-state index contributed by atoms with van der Waals surface area (Å²) in [7, 11) is 0. The zero-order valence-electron chi connectivity index (χ0n) is 18.0. The maximum absolute atomic E-state index is 13.0. The van der Waals surface area contributed by atoms with E-state index in [1.807, 2.05) is 41.0 Å². The summed E-state index contributed by atoms with van der Waals surface area (Å²) in [5.41, 5.74) is 2.29. The van der Waals surface area contributed by atoms with Crippen LogP contribution in [-0.2, 0) is 20.9 Å². The first-order valence-electron chi connectivity index (χ1n) is 11.4. The van der Waals surface area contributed by atoms with Crippen molar-refractivity contribution in [2.75, 3.05) is 32.7 Å². The molecular weight excluding hydrogens is 378 g/mol. The molecule has 6 heteroatoms. The summed E-state index contributed by atoms with van der Waals surface area (Å²) in [5.74, 6) is 0.328. The van der Waals surface area contributed by atoms with Crippen molar-refractivity contribution in [2.24, 2.45) is 11.8 Å². The van der Waals surface area contributed by atoms with E-state index in [1.165, 1.54) is 12.0 Å². The summed E-state index contributed by atoms with van der Waals surface area (Å²) in [6.45, 7) is 5.50. The van der Waals surface area contributed by atoms with Gasteiger partial charge in [0.05, 0.1) is 5.92 Å². The second-order valence-electron chi connectivity index (χ2n) is 9.15. The monoisotopic (exact) mass is 411 g/mol. The van der Waals surface area contributed by atoms with Gasteiger partial charge in [-0.15, -0.1) is 0 Å². The predicted molar refractivity (Wildman–Crippen MR) is 114 cm³/mol. The molecular formula is C24H33N3O3. The van der Waals surface area contributed by atoms with Gasteiger partial charge >= 0.3 is 0 Å². The maximum Gasteiger partial charge on any atom is 0.228 e. The molecule has 1 saturated carbocycles. The minimum absolute atomic E-state index is 0.0556. The van der Waals surface area contributed by atoms with Crippen molar-refractivity contribution >= 4 is 17.7 Å². The van der Waals surface area contributed by atoms with Gasteiger partial charge in [0.25, 0.3) is 0 Å². The molecule has 1 aromatic carbocycles. The number of nitrogens with zero attached hydrogens (tertiary/aromatic N) is 3. The van der Waals surface area contributed by atoms with Crippen LogP contribution in [0, 0.1) is 18.8 Å². The molecule has 1 unspecified atom stereocenters. The first-order chi connectivity index (χ1) is 14.5. The number of benzene rings is 1. The van der Waals surface area contributed by atoms with Crippen LogP contribution in [0.1, 0.15) is 49.7 Å². The highest BCUT2D eigenvalue weighted by atomic mass is 16.2. The molecule has 1 atom stereocenters. The van der Waals surface area contributed by atoms with Crippen LogP contribution < -0.4 is 0 Å². The Hall–Kier alpha value is -2.37. The zero-order valence-corrected chi connectivity index (χ0v) is 18.0. The molecule has 1 aliphatic carbocycles. The lowest BCUT2D eigenvalue weighted by molar-refractivity contribution is -0.144. The minimum atomic E-state index is -0.261. The maximum atomic E-state index is 13.0. The fourth-order valence-corrected chi connectivity index (χ4v) is 5.02. The van der Waals surface area contributed by atoms with Crippen molar-refractivity contribution in [2.45, 2.75) is 52.0 Å². The first kappa shape index (κ1) is 20.9. The Labute approximate surface area is 179 Å². The zero-order chi connectivity index (χ0) is 21.1.